The summed E-state index contributed by atoms with van der Waals surface area (Å²) in [6.45, 7) is 2.15. The fourth-order valence-corrected chi connectivity index (χ4v) is 1.38. The predicted molar refractivity (Wildman–Crippen MR) is 57.3 cm³/mol. The van der Waals surface area contributed by atoms with Gasteiger partial charge in [0.05, 0.1) is 11.8 Å². The van der Waals surface area contributed by atoms with Crippen molar-refractivity contribution in [3.05, 3.63) is 23.7 Å². The Balaban J connectivity index is 2.49. The number of rotatable bonds is 5. The maximum absolute atomic E-state index is 11.8. The molecule has 0 saturated heterocycles. The van der Waals surface area contributed by atoms with E-state index in [0.717, 1.165) is 0 Å². The van der Waals surface area contributed by atoms with Crippen molar-refractivity contribution in [2.45, 2.75) is 19.8 Å². The van der Waals surface area contributed by atoms with E-state index in [1.807, 2.05) is 0 Å². The molecule has 0 spiro atoms. The number of carbonyl (C=O) groups excluding carboxylic acids is 1. The fourth-order valence-electron chi connectivity index (χ4n) is 1.38. The van der Waals surface area contributed by atoms with Crippen molar-refractivity contribution in [1.29, 1.82) is 0 Å². The number of carboxylic acids is 1. The molecule has 1 heterocycles. The molecule has 1 rings (SSSR count). The third-order valence-electron chi connectivity index (χ3n) is 2.32. The summed E-state index contributed by atoms with van der Waals surface area (Å²) in [7, 11) is 1.65. The zero-order valence-corrected chi connectivity index (χ0v) is 9.40. The highest BCUT2D eigenvalue weighted by Crippen LogP contribution is 2.11. The lowest BCUT2D eigenvalue weighted by molar-refractivity contribution is -0.137. The van der Waals surface area contributed by atoms with E-state index in [2.05, 4.69) is 0 Å². The molecule has 88 valence electrons. The summed E-state index contributed by atoms with van der Waals surface area (Å²) in [5, 5.41) is 8.47. The Hall–Kier alpha value is -1.78. The van der Waals surface area contributed by atoms with Gasteiger partial charge in [0.2, 0.25) is 0 Å². The van der Waals surface area contributed by atoms with Gasteiger partial charge >= 0.3 is 5.97 Å². The van der Waals surface area contributed by atoms with E-state index >= 15 is 0 Å². The summed E-state index contributed by atoms with van der Waals surface area (Å²) in [5.41, 5.74) is 0.526. The molecule has 5 heteroatoms. The quantitative estimate of drug-likeness (QED) is 0.824. The van der Waals surface area contributed by atoms with Crippen LogP contribution in [0.1, 0.15) is 29.0 Å². The normalized spacial score (nSPS) is 10.1. The van der Waals surface area contributed by atoms with E-state index in [0.29, 0.717) is 24.3 Å². The first-order valence-electron chi connectivity index (χ1n) is 5.03. The van der Waals surface area contributed by atoms with Crippen molar-refractivity contribution >= 4 is 11.9 Å². The molecular weight excluding hydrogens is 210 g/mol. The predicted octanol–water partition coefficient (Wildman–Crippen LogP) is 1.52. The van der Waals surface area contributed by atoms with E-state index in [-0.39, 0.29) is 12.3 Å². The Labute approximate surface area is 93.7 Å². The molecule has 1 aromatic heterocycles. The molecule has 5 nitrogen and oxygen atoms in total. The van der Waals surface area contributed by atoms with Gasteiger partial charge in [0, 0.05) is 20.0 Å². The van der Waals surface area contributed by atoms with Crippen molar-refractivity contribution < 1.29 is 19.1 Å². The van der Waals surface area contributed by atoms with E-state index < -0.39 is 5.97 Å². The van der Waals surface area contributed by atoms with Crippen LogP contribution in [0.5, 0.6) is 0 Å². The zero-order chi connectivity index (χ0) is 12.1. The molecule has 16 heavy (non-hydrogen) atoms. The maximum atomic E-state index is 11.8. The van der Waals surface area contributed by atoms with Gasteiger partial charge in [0.15, 0.2) is 0 Å². The lowest BCUT2D eigenvalue weighted by atomic mass is 10.2. The van der Waals surface area contributed by atoms with Crippen LogP contribution in [0, 0.1) is 6.92 Å². The van der Waals surface area contributed by atoms with Crippen molar-refractivity contribution in [1.82, 2.24) is 4.90 Å². The molecule has 0 unspecified atom stereocenters. The molecule has 0 atom stereocenters. The SMILES string of the molecule is Cc1occc1C(=O)N(C)CCCC(=O)O. The Morgan fingerprint density at radius 1 is 1.50 bits per heavy atom. The first-order valence-corrected chi connectivity index (χ1v) is 5.03. The number of nitrogens with zero attached hydrogens (tertiary/aromatic N) is 1. The highest BCUT2D eigenvalue weighted by Gasteiger charge is 2.15. The minimum Gasteiger partial charge on any atom is -0.481 e. The summed E-state index contributed by atoms with van der Waals surface area (Å²) >= 11 is 0. The van der Waals surface area contributed by atoms with Crippen LogP contribution in [0.25, 0.3) is 0 Å². The second kappa shape index (κ2) is 5.34. The fraction of sp³-hybridized carbons (Fsp3) is 0.455. The van der Waals surface area contributed by atoms with Gasteiger partial charge in [-0.2, -0.15) is 0 Å². The second-order valence-electron chi connectivity index (χ2n) is 3.61. The largest absolute Gasteiger partial charge is 0.481 e. The monoisotopic (exact) mass is 225 g/mol. The molecule has 0 aromatic carbocycles. The van der Waals surface area contributed by atoms with Gasteiger partial charge in [0.1, 0.15) is 5.76 Å². The minimum absolute atomic E-state index is 0.0714. The van der Waals surface area contributed by atoms with Crippen LogP contribution >= 0.6 is 0 Å². The van der Waals surface area contributed by atoms with E-state index in [9.17, 15) is 9.59 Å². The van der Waals surface area contributed by atoms with Crippen LogP contribution in [0.15, 0.2) is 16.7 Å². The molecule has 1 N–H and O–H groups in total. The third kappa shape index (κ3) is 3.12. The number of carbonyl (C=O) groups is 2. The number of carboxylic acid groups (broad SMARTS) is 1. The maximum Gasteiger partial charge on any atom is 0.303 e. The van der Waals surface area contributed by atoms with Crippen molar-refractivity contribution in [2.24, 2.45) is 0 Å². The molecule has 0 saturated carbocycles. The number of aliphatic carboxylic acids is 1. The summed E-state index contributed by atoms with van der Waals surface area (Å²) < 4.78 is 5.04. The summed E-state index contributed by atoms with van der Waals surface area (Å²) in [6.07, 6.45) is 1.99. The van der Waals surface area contributed by atoms with Crippen LogP contribution in [0.2, 0.25) is 0 Å². The van der Waals surface area contributed by atoms with Crippen molar-refractivity contribution in [2.75, 3.05) is 13.6 Å². The molecule has 0 aliphatic rings. The van der Waals surface area contributed by atoms with Crippen molar-refractivity contribution in [3.63, 3.8) is 0 Å². The molecule has 0 aliphatic heterocycles. The zero-order valence-electron chi connectivity index (χ0n) is 9.40. The van der Waals surface area contributed by atoms with Gasteiger partial charge in [-0.05, 0) is 19.4 Å². The third-order valence-corrected chi connectivity index (χ3v) is 2.32. The molecule has 0 bridgehead atoms. The summed E-state index contributed by atoms with van der Waals surface area (Å²) in [5.74, 6) is -0.410. The summed E-state index contributed by atoms with van der Waals surface area (Å²) in [4.78, 5) is 23.6. The van der Waals surface area contributed by atoms with Crippen LogP contribution in [-0.2, 0) is 4.79 Å². The highest BCUT2D eigenvalue weighted by molar-refractivity contribution is 5.94. The average molecular weight is 225 g/mol. The number of furan rings is 1. The van der Waals surface area contributed by atoms with Crippen LogP contribution in [0.3, 0.4) is 0 Å². The Kier molecular flexibility index (Phi) is 4.10. The molecular formula is C11H15NO4. The number of hydrogen-bond donors (Lipinski definition) is 1. The van der Waals surface area contributed by atoms with Crippen molar-refractivity contribution in [3.8, 4) is 0 Å². The topological polar surface area (TPSA) is 70.8 Å². The van der Waals surface area contributed by atoms with Gasteiger partial charge in [0.25, 0.3) is 5.91 Å². The molecule has 0 radical (unpaired) electrons. The smallest absolute Gasteiger partial charge is 0.303 e. The Bertz CT molecular complexity index is 383. The first-order chi connectivity index (χ1) is 7.52. The molecule has 0 fully saturated rings. The van der Waals surface area contributed by atoms with E-state index in [4.69, 9.17) is 9.52 Å². The van der Waals surface area contributed by atoms with Gasteiger partial charge in [-0.25, -0.2) is 0 Å². The second-order valence-corrected chi connectivity index (χ2v) is 3.61. The Morgan fingerprint density at radius 2 is 2.19 bits per heavy atom. The first kappa shape index (κ1) is 12.3. The highest BCUT2D eigenvalue weighted by atomic mass is 16.4. The van der Waals surface area contributed by atoms with Gasteiger partial charge in [-0.3, -0.25) is 9.59 Å². The van der Waals surface area contributed by atoms with E-state index in [1.165, 1.54) is 11.2 Å². The van der Waals surface area contributed by atoms with Gasteiger partial charge in [-0.1, -0.05) is 0 Å². The minimum atomic E-state index is -0.847. The van der Waals surface area contributed by atoms with Crippen LogP contribution in [-0.4, -0.2) is 35.5 Å². The van der Waals surface area contributed by atoms with Crippen LogP contribution < -0.4 is 0 Å². The molecule has 1 amide bonds. The number of hydrogen-bond acceptors (Lipinski definition) is 3. The standard InChI is InChI=1S/C11H15NO4/c1-8-9(5-7-16-8)11(15)12(2)6-3-4-10(13)14/h5,7H,3-4,6H2,1-2H3,(H,13,14). The number of amides is 1. The average Bonchev–Trinajstić information content (AvgIpc) is 2.62. The van der Waals surface area contributed by atoms with Gasteiger partial charge < -0.3 is 14.4 Å². The van der Waals surface area contributed by atoms with Crippen LogP contribution in [0.4, 0.5) is 0 Å². The molecule has 0 aliphatic carbocycles. The van der Waals surface area contributed by atoms with Gasteiger partial charge in [-0.15, -0.1) is 0 Å². The molecule has 1 aromatic rings. The van der Waals surface area contributed by atoms with E-state index in [1.54, 1.807) is 20.0 Å². The lowest BCUT2D eigenvalue weighted by Gasteiger charge is -2.15. The lowest BCUT2D eigenvalue weighted by Crippen LogP contribution is -2.28. The Morgan fingerprint density at radius 3 is 2.69 bits per heavy atom. The summed E-state index contributed by atoms with van der Waals surface area (Å²) in [6, 6.07) is 1.62. The number of aryl methyl sites for hydroxylation is 1.